The van der Waals surface area contributed by atoms with E-state index in [1.165, 1.54) is 42.1 Å². The second-order valence-electron chi connectivity index (χ2n) is 6.67. The predicted octanol–water partition coefficient (Wildman–Crippen LogP) is 2.17. The Labute approximate surface area is 160 Å². The van der Waals surface area contributed by atoms with Crippen LogP contribution in [0.1, 0.15) is 40.0 Å². The number of pyridine rings is 1. The summed E-state index contributed by atoms with van der Waals surface area (Å²) in [5.74, 6) is -0.857. The Hall–Kier alpha value is -3.49. The molecule has 1 fully saturated rings. The number of benzene rings is 1. The number of aryl methyl sites for hydroxylation is 1. The Morgan fingerprint density at radius 1 is 1.11 bits per heavy atom. The fourth-order valence-electron chi connectivity index (χ4n) is 3.15. The summed E-state index contributed by atoms with van der Waals surface area (Å²) in [5, 5.41) is 13.3. The molecule has 28 heavy (non-hydrogen) atoms. The smallest absolute Gasteiger partial charge is 0.274 e. The van der Waals surface area contributed by atoms with Crippen LogP contribution in [0.3, 0.4) is 0 Å². The number of carbonyl (C=O) groups excluding carboxylic acids is 2. The van der Waals surface area contributed by atoms with Gasteiger partial charge in [-0.05, 0) is 31.4 Å². The molecule has 2 aromatic rings. The average molecular weight is 384 g/mol. The van der Waals surface area contributed by atoms with Crippen molar-refractivity contribution in [1.29, 1.82) is 0 Å². The van der Waals surface area contributed by atoms with Crippen molar-refractivity contribution in [2.45, 2.75) is 19.3 Å². The quantitative estimate of drug-likeness (QED) is 0.641. The van der Waals surface area contributed by atoms with Crippen LogP contribution in [0.15, 0.2) is 41.3 Å². The van der Waals surface area contributed by atoms with Crippen molar-refractivity contribution in [2.24, 2.45) is 7.05 Å². The van der Waals surface area contributed by atoms with Crippen LogP contribution in [0.25, 0.3) is 0 Å². The molecule has 1 aliphatic rings. The first kappa shape index (κ1) is 19.3. The molecule has 1 aliphatic heterocycles. The number of nitrogens with one attached hydrogen (secondary N) is 1. The van der Waals surface area contributed by atoms with Gasteiger partial charge in [0, 0.05) is 44.0 Å². The number of piperidine rings is 1. The molecule has 0 aliphatic carbocycles. The molecule has 1 aromatic carbocycles. The number of anilines is 1. The summed E-state index contributed by atoms with van der Waals surface area (Å²) < 4.78 is 1.24. The fraction of sp³-hybridized carbons (Fsp3) is 0.316. The van der Waals surface area contributed by atoms with E-state index in [0.717, 1.165) is 25.3 Å². The van der Waals surface area contributed by atoms with Crippen molar-refractivity contribution in [2.75, 3.05) is 18.4 Å². The molecule has 1 saturated heterocycles. The van der Waals surface area contributed by atoms with E-state index in [2.05, 4.69) is 5.32 Å². The van der Waals surface area contributed by atoms with Crippen LogP contribution in [-0.4, -0.2) is 39.3 Å². The zero-order valence-electron chi connectivity index (χ0n) is 15.4. The molecule has 1 N–H and O–H groups in total. The third-order valence-electron chi connectivity index (χ3n) is 4.64. The highest BCUT2D eigenvalue weighted by atomic mass is 16.6. The van der Waals surface area contributed by atoms with Crippen molar-refractivity contribution >= 4 is 23.2 Å². The molecule has 0 bridgehead atoms. The molecule has 0 saturated carbocycles. The molecule has 0 atom stereocenters. The number of nitro benzene ring substituents is 1. The van der Waals surface area contributed by atoms with Crippen LogP contribution in [0, 0.1) is 10.1 Å². The van der Waals surface area contributed by atoms with E-state index >= 15 is 0 Å². The van der Waals surface area contributed by atoms with Crippen molar-refractivity contribution in [3.8, 4) is 0 Å². The first-order chi connectivity index (χ1) is 13.4. The fourth-order valence-corrected chi connectivity index (χ4v) is 3.15. The first-order valence-corrected chi connectivity index (χ1v) is 8.92. The molecule has 146 valence electrons. The van der Waals surface area contributed by atoms with Gasteiger partial charge < -0.3 is 14.8 Å². The van der Waals surface area contributed by atoms with Gasteiger partial charge in [-0.15, -0.1) is 0 Å². The highest BCUT2D eigenvalue weighted by molar-refractivity contribution is 6.05. The van der Waals surface area contributed by atoms with Gasteiger partial charge in [-0.3, -0.25) is 24.5 Å². The third-order valence-corrected chi connectivity index (χ3v) is 4.64. The van der Waals surface area contributed by atoms with Gasteiger partial charge in [0.2, 0.25) is 0 Å². The average Bonchev–Trinajstić information content (AvgIpc) is 2.71. The lowest BCUT2D eigenvalue weighted by molar-refractivity contribution is -0.384. The maximum Gasteiger partial charge on any atom is 0.274 e. The van der Waals surface area contributed by atoms with Crippen LogP contribution in [0.4, 0.5) is 11.4 Å². The number of nitro groups is 1. The van der Waals surface area contributed by atoms with E-state index in [1.807, 2.05) is 0 Å². The molecule has 1 aromatic heterocycles. The Kier molecular flexibility index (Phi) is 5.53. The van der Waals surface area contributed by atoms with Crippen molar-refractivity contribution < 1.29 is 14.5 Å². The zero-order chi connectivity index (χ0) is 20.3. The molecule has 0 spiro atoms. The summed E-state index contributed by atoms with van der Waals surface area (Å²) in [6.07, 6.45) is 4.41. The lowest BCUT2D eigenvalue weighted by Crippen LogP contribution is -2.36. The number of aromatic nitrogens is 1. The molecule has 3 rings (SSSR count). The maximum absolute atomic E-state index is 12.7. The minimum absolute atomic E-state index is 0.0454. The largest absolute Gasteiger partial charge is 0.339 e. The van der Waals surface area contributed by atoms with E-state index in [4.69, 9.17) is 0 Å². The normalized spacial score (nSPS) is 13.8. The summed E-state index contributed by atoms with van der Waals surface area (Å²) in [5.41, 5.74) is -0.409. The Bertz CT molecular complexity index is 992. The van der Waals surface area contributed by atoms with Crippen LogP contribution < -0.4 is 10.9 Å². The van der Waals surface area contributed by atoms with Crippen molar-refractivity contribution in [1.82, 2.24) is 9.47 Å². The van der Waals surface area contributed by atoms with Gasteiger partial charge in [-0.25, -0.2) is 0 Å². The Morgan fingerprint density at radius 3 is 2.50 bits per heavy atom. The van der Waals surface area contributed by atoms with Crippen LogP contribution >= 0.6 is 0 Å². The third kappa shape index (κ3) is 4.08. The minimum Gasteiger partial charge on any atom is -0.339 e. The van der Waals surface area contributed by atoms with E-state index in [1.54, 1.807) is 4.90 Å². The van der Waals surface area contributed by atoms with Gasteiger partial charge in [0.1, 0.15) is 5.69 Å². The molecule has 2 amide bonds. The summed E-state index contributed by atoms with van der Waals surface area (Å²) in [6.45, 7) is 1.33. The lowest BCUT2D eigenvalue weighted by atomic mass is 10.1. The van der Waals surface area contributed by atoms with Gasteiger partial charge >= 0.3 is 0 Å². The first-order valence-electron chi connectivity index (χ1n) is 8.92. The number of rotatable bonds is 4. The maximum atomic E-state index is 12.7. The molecule has 0 unspecified atom stereocenters. The van der Waals surface area contributed by atoms with Gasteiger partial charge in [-0.2, -0.15) is 0 Å². The number of carbonyl (C=O) groups is 2. The molecule has 2 heterocycles. The molecule has 9 nitrogen and oxygen atoms in total. The zero-order valence-corrected chi connectivity index (χ0v) is 15.4. The number of nitrogens with zero attached hydrogens (tertiary/aromatic N) is 3. The number of non-ortho nitro benzene ring substituents is 1. The standard InChI is InChI=1S/C19H20N4O5/c1-21-12-14(18(25)22-8-3-2-4-9-22)11-16(19(21)26)20-17(24)13-6-5-7-15(10-13)23(27)28/h5-7,10-12H,2-4,8-9H2,1H3,(H,20,24). The Morgan fingerprint density at radius 2 is 1.82 bits per heavy atom. The molecular weight excluding hydrogens is 364 g/mol. The molecular formula is C19H20N4O5. The number of hydrogen-bond donors (Lipinski definition) is 1. The lowest BCUT2D eigenvalue weighted by Gasteiger charge is -2.27. The highest BCUT2D eigenvalue weighted by Gasteiger charge is 2.21. The SMILES string of the molecule is Cn1cc(C(=O)N2CCCCC2)cc(NC(=O)c2cccc([N+](=O)[O-])c2)c1=O. The van der Waals surface area contributed by atoms with Crippen molar-refractivity contribution in [3.63, 3.8) is 0 Å². The minimum atomic E-state index is -0.664. The molecule has 0 radical (unpaired) electrons. The van der Waals surface area contributed by atoms with Crippen LogP contribution in [0.5, 0.6) is 0 Å². The van der Waals surface area contributed by atoms with E-state index in [0.29, 0.717) is 18.7 Å². The van der Waals surface area contributed by atoms with Crippen molar-refractivity contribution in [3.05, 3.63) is 68.1 Å². The summed E-state index contributed by atoms with van der Waals surface area (Å²) >= 11 is 0. The number of likely N-dealkylation sites (tertiary alicyclic amines) is 1. The van der Waals surface area contributed by atoms with Crippen LogP contribution in [-0.2, 0) is 7.05 Å². The monoisotopic (exact) mass is 384 g/mol. The summed E-state index contributed by atoms with van der Waals surface area (Å²) in [7, 11) is 1.50. The Balaban J connectivity index is 1.87. The van der Waals surface area contributed by atoms with Gasteiger partial charge in [-0.1, -0.05) is 6.07 Å². The van der Waals surface area contributed by atoms with Gasteiger partial charge in [0.15, 0.2) is 0 Å². The predicted molar refractivity (Wildman–Crippen MR) is 102 cm³/mol. The summed E-state index contributed by atoms with van der Waals surface area (Å²) in [6, 6.07) is 6.56. The molecule has 9 heteroatoms. The van der Waals surface area contributed by atoms with Gasteiger partial charge in [0.05, 0.1) is 10.5 Å². The number of amides is 2. The highest BCUT2D eigenvalue weighted by Crippen LogP contribution is 2.16. The van der Waals surface area contributed by atoms with Crippen LogP contribution in [0.2, 0.25) is 0 Å². The van der Waals surface area contributed by atoms with E-state index in [-0.39, 0.29) is 22.8 Å². The summed E-state index contributed by atoms with van der Waals surface area (Å²) in [4.78, 5) is 49.6. The van der Waals surface area contributed by atoms with E-state index in [9.17, 15) is 24.5 Å². The van der Waals surface area contributed by atoms with E-state index < -0.39 is 16.4 Å². The number of hydrogen-bond acceptors (Lipinski definition) is 5. The second-order valence-corrected chi connectivity index (χ2v) is 6.67. The van der Waals surface area contributed by atoms with Gasteiger partial charge in [0.25, 0.3) is 23.1 Å². The topological polar surface area (TPSA) is 115 Å². The second kappa shape index (κ2) is 8.03.